The van der Waals surface area contributed by atoms with Gasteiger partial charge in [-0.25, -0.2) is 9.67 Å². The summed E-state index contributed by atoms with van der Waals surface area (Å²) in [6.07, 6.45) is 1.35. The Balaban J connectivity index is 0.000000371. The molecule has 0 unspecified atom stereocenters. The highest BCUT2D eigenvalue weighted by Gasteiger charge is 1.92. The largest absolute Gasteiger partial charge is 0.240 e. The van der Waals surface area contributed by atoms with E-state index in [4.69, 9.17) is 5.26 Å². The third kappa shape index (κ3) is 1.86. The van der Waals surface area contributed by atoms with E-state index in [1.54, 1.807) is 7.05 Å². The number of nitriles is 1. The smallest absolute Gasteiger partial charge is 0.230 e. The predicted octanol–water partition coefficient (Wildman–Crippen LogP) is 0.713. The molecule has 1 aromatic rings. The third-order valence-electron chi connectivity index (χ3n) is 0.811. The lowest BCUT2D eigenvalue weighted by Crippen LogP contribution is -1.93. The van der Waals surface area contributed by atoms with Crippen molar-refractivity contribution in [2.24, 2.45) is 7.05 Å². The Morgan fingerprint density at radius 1 is 1.60 bits per heavy atom. The van der Waals surface area contributed by atoms with Gasteiger partial charge in [0.1, 0.15) is 12.4 Å². The lowest BCUT2D eigenvalue weighted by molar-refractivity contribution is 0.752. The minimum atomic E-state index is 0.338. The third-order valence-corrected chi connectivity index (χ3v) is 0.811. The lowest BCUT2D eigenvalue weighted by atomic mass is 10.7. The first-order valence-electron chi connectivity index (χ1n) is 3.08. The van der Waals surface area contributed by atoms with Gasteiger partial charge in [-0.15, -0.1) is 0 Å². The summed E-state index contributed by atoms with van der Waals surface area (Å²) in [5.74, 6) is 0.338. The van der Waals surface area contributed by atoms with E-state index in [1.807, 2.05) is 19.9 Å². The quantitative estimate of drug-likeness (QED) is 0.530. The molecule has 1 heterocycles. The van der Waals surface area contributed by atoms with Crippen LogP contribution in [0.2, 0.25) is 0 Å². The Labute approximate surface area is 60.1 Å². The maximum atomic E-state index is 8.23. The molecule has 0 saturated carbocycles. The monoisotopic (exact) mass is 138 g/mol. The molecule has 10 heavy (non-hydrogen) atoms. The normalized spacial score (nSPS) is 7.40. The molecule has 0 amide bonds. The molecule has 0 atom stereocenters. The molecule has 0 saturated heterocycles. The number of aryl methyl sites for hydroxylation is 1. The van der Waals surface area contributed by atoms with Crippen molar-refractivity contribution in [3.05, 3.63) is 12.2 Å². The van der Waals surface area contributed by atoms with E-state index in [0.717, 1.165) is 0 Å². The van der Waals surface area contributed by atoms with Crippen molar-refractivity contribution in [3.8, 4) is 6.07 Å². The molecular formula is C6H10N4. The molecule has 0 aliphatic heterocycles. The van der Waals surface area contributed by atoms with Gasteiger partial charge in [0.25, 0.3) is 0 Å². The Morgan fingerprint density at radius 3 is 2.40 bits per heavy atom. The second kappa shape index (κ2) is 4.50. The van der Waals surface area contributed by atoms with Gasteiger partial charge >= 0.3 is 0 Å². The highest BCUT2D eigenvalue weighted by atomic mass is 15.3. The van der Waals surface area contributed by atoms with E-state index in [-0.39, 0.29) is 0 Å². The SMILES string of the molecule is CC.Cn1ncnc1C#N. The Morgan fingerprint density at radius 2 is 2.20 bits per heavy atom. The summed E-state index contributed by atoms with van der Waals surface area (Å²) < 4.78 is 1.42. The van der Waals surface area contributed by atoms with Gasteiger partial charge in [0.15, 0.2) is 0 Å². The van der Waals surface area contributed by atoms with Crippen molar-refractivity contribution < 1.29 is 0 Å². The van der Waals surface area contributed by atoms with Crippen LogP contribution in [0, 0.1) is 11.3 Å². The van der Waals surface area contributed by atoms with Crippen LogP contribution in [-0.4, -0.2) is 14.8 Å². The van der Waals surface area contributed by atoms with E-state index >= 15 is 0 Å². The molecule has 0 radical (unpaired) electrons. The minimum absolute atomic E-state index is 0.338. The van der Waals surface area contributed by atoms with Gasteiger partial charge in [-0.05, 0) is 0 Å². The zero-order valence-corrected chi connectivity index (χ0v) is 6.37. The summed E-state index contributed by atoms with van der Waals surface area (Å²) in [5.41, 5.74) is 0. The summed E-state index contributed by atoms with van der Waals surface area (Å²) in [5, 5.41) is 11.9. The highest BCUT2D eigenvalue weighted by molar-refractivity contribution is 5.06. The maximum absolute atomic E-state index is 8.23. The van der Waals surface area contributed by atoms with Gasteiger partial charge in [-0.3, -0.25) is 0 Å². The summed E-state index contributed by atoms with van der Waals surface area (Å²) in [4.78, 5) is 3.62. The van der Waals surface area contributed by atoms with E-state index in [1.165, 1.54) is 11.0 Å². The molecule has 1 aromatic heterocycles. The van der Waals surface area contributed by atoms with Gasteiger partial charge in [0.05, 0.1) is 0 Å². The second-order valence-electron chi connectivity index (χ2n) is 1.32. The van der Waals surface area contributed by atoms with Crippen molar-refractivity contribution in [2.75, 3.05) is 0 Å². The molecule has 0 aliphatic rings. The van der Waals surface area contributed by atoms with Gasteiger partial charge in [-0.1, -0.05) is 13.8 Å². The summed E-state index contributed by atoms with van der Waals surface area (Å²) in [6, 6.07) is 1.86. The van der Waals surface area contributed by atoms with E-state index in [0.29, 0.717) is 5.82 Å². The number of rotatable bonds is 0. The molecule has 0 fully saturated rings. The van der Waals surface area contributed by atoms with Gasteiger partial charge in [-0.2, -0.15) is 10.4 Å². The summed E-state index contributed by atoms with van der Waals surface area (Å²) >= 11 is 0. The fourth-order valence-electron chi connectivity index (χ4n) is 0.397. The lowest BCUT2D eigenvalue weighted by Gasteiger charge is -1.82. The van der Waals surface area contributed by atoms with Crippen molar-refractivity contribution in [3.63, 3.8) is 0 Å². The van der Waals surface area contributed by atoms with Crippen molar-refractivity contribution in [2.45, 2.75) is 13.8 Å². The van der Waals surface area contributed by atoms with Crippen LogP contribution >= 0.6 is 0 Å². The maximum Gasteiger partial charge on any atom is 0.230 e. The fourth-order valence-corrected chi connectivity index (χ4v) is 0.397. The molecule has 0 spiro atoms. The molecule has 0 N–H and O–H groups in total. The molecule has 4 heteroatoms. The van der Waals surface area contributed by atoms with Crippen LogP contribution in [-0.2, 0) is 7.05 Å². The zero-order valence-electron chi connectivity index (χ0n) is 6.37. The van der Waals surface area contributed by atoms with Gasteiger partial charge < -0.3 is 0 Å². The zero-order chi connectivity index (χ0) is 7.98. The average Bonchev–Trinajstić information content (AvgIpc) is 2.39. The Bertz CT molecular complexity index is 220. The van der Waals surface area contributed by atoms with Crippen LogP contribution in [0.5, 0.6) is 0 Å². The summed E-state index contributed by atoms with van der Waals surface area (Å²) in [7, 11) is 1.67. The van der Waals surface area contributed by atoms with Crippen LogP contribution in [0.25, 0.3) is 0 Å². The van der Waals surface area contributed by atoms with E-state index < -0.39 is 0 Å². The van der Waals surface area contributed by atoms with Crippen LogP contribution in [0.3, 0.4) is 0 Å². The Kier molecular flexibility index (Phi) is 3.89. The van der Waals surface area contributed by atoms with Gasteiger partial charge in [0.2, 0.25) is 5.82 Å². The number of nitrogens with zero attached hydrogens (tertiary/aromatic N) is 4. The standard InChI is InChI=1S/C4H4N4.C2H6/c1-8-4(2-5)6-3-7-8;1-2/h3H,1H3;1-2H3. The van der Waals surface area contributed by atoms with Crippen LogP contribution < -0.4 is 0 Å². The second-order valence-corrected chi connectivity index (χ2v) is 1.32. The van der Waals surface area contributed by atoms with Crippen LogP contribution in [0.1, 0.15) is 19.7 Å². The first-order valence-corrected chi connectivity index (χ1v) is 3.08. The van der Waals surface area contributed by atoms with E-state index in [2.05, 4.69) is 10.1 Å². The predicted molar refractivity (Wildman–Crippen MR) is 37.1 cm³/mol. The number of hydrogen-bond acceptors (Lipinski definition) is 3. The fraction of sp³-hybridized carbons (Fsp3) is 0.500. The summed E-state index contributed by atoms with van der Waals surface area (Å²) in [6.45, 7) is 4.00. The molecule has 0 bridgehead atoms. The molecule has 0 aliphatic carbocycles. The average molecular weight is 138 g/mol. The molecule has 4 nitrogen and oxygen atoms in total. The van der Waals surface area contributed by atoms with E-state index in [9.17, 15) is 0 Å². The molecular weight excluding hydrogens is 128 g/mol. The molecule has 0 aromatic carbocycles. The van der Waals surface area contributed by atoms with Gasteiger partial charge in [0, 0.05) is 7.05 Å². The molecule has 54 valence electrons. The number of hydrogen-bond donors (Lipinski definition) is 0. The number of aromatic nitrogens is 3. The highest BCUT2D eigenvalue weighted by Crippen LogP contribution is 1.83. The topological polar surface area (TPSA) is 54.5 Å². The van der Waals surface area contributed by atoms with Crippen molar-refractivity contribution >= 4 is 0 Å². The Hall–Kier alpha value is -1.37. The molecule has 1 rings (SSSR count). The first kappa shape index (κ1) is 8.63. The van der Waals surface area contributed by atoms with Crippen LogP contribution in [0.15, 0.2) is 6.33 Å². The van der Waals surface area contributed by atoms with Crippen molar-refractivity contribution in [1.29, 1.82) is 5.26 Å². The minimum Gasteiger partial charge on any atom is -0.240 e. The van der Waals surface area contributed by atoms with Crippen molar-refractivity contribution in [1.82, 2.24) is 14.8 Å². The first-order chi connectivity index (χ1) is 4.84. The van der Waals surface area contributed by atoms with Crippen LogP contribution in [0.4, 0.5) is 0 Å².